The lowest BCUT2D eigenvalue weighted by molar-refractivity contribution is 0.437. The van der Waals surface area contributed by atoms with Gasteiger partial charge >= 0.3 is 0 Å². The maximum Gasteiger partial charge on any atom is 0.0228 e. The van der Waals surface area contributed by atoms with Crippen molar-refractivity contribution in [3.63, 3.8) is 0 Å². The van der Waals surface area contributed by atoms with E-state index in [9.17, 15) is 0 Å². The summed E-state index contributed by atoms with van der Waals surface area (Å²) in [4.78, 5) is 0. The molecular formula is C5H12Cl2N2. The molecule has 1 aliphatic heterocycles. The van der Waals surface area contributed by atoms with E-state index in [0.717, 1.165) is 12.1 Å². The van der Waals surface area contributed by atoms with Crippen molar-refractivity contribution in [1.82, 2.24) is 10.9 Å². The van der Waals surface area contributed by atoms with Crippen LogP contribution in [0.5, 0.6) is 0 Å². The van der Waals surface area contributed by atoms with Crippen LogP contribution in [0.1, 0.15) is 19.3 Å². The molecule has 0 unspecified atom stereocenters. The normalized spacial score (nSPS) is 37.3. The van der Waals surface area contributed by atoms with E-state index >= 15 is 0 Å². The molecule has 0 radical (unpaired) electrons. The molecule has 4 heteroatoms. The average Bonchev–Trinajstić information content (AvgIpc) is 2.22. The van der Waals surface area contributed by atoms with E-state index < -0.39 is 0 Å². The second-order valence-electron chi connectivity index (χ2n) is 2.50. The van der Waals surface area contributed by atoms with E-state index in [-0.39, 0.29) is 24.8 Å². The van der Waals surface area contributed by atoms with Gasteiger partial charge in [-0.15, -0.1) is 24.8 Å². The number of hydrogen-bond donors (Lipinski definition) is 2. The van der Waals surface area contributed by atoms with Gasteiger partial charge in [0.05, 0.1) is 0 Å². The molecule has 56 valence electrons. The Morgan fingerprint density at radius 3 is 1.44 bits per heavy atom. The van der Waals surface area contributed by atoms with Crippen LogP contribution in [-0.2, 0) is 0 Å². The van der Waals surface area contributed by atoms with Crippen LogP contribution in [0, 0.1) is 0 Å². The van der Waals surface area contributed by atoms with Crippen LogP contribution in [0.4, 0.5) is 0 Å². The first-order chi connectivity index (χ1) is 3.45. The van der Waals surface area contributed by atoms with Crippen LogP contribution in [-0.4, -0.2) is 12.1 Å². The first kappa shape index (κ1) is 9.50. The van der Waals surface area contributed by atoms with Gasteiger partial charge in [-0.25, -0.2) is 0 Å². The average molecular weight is 171 g/mol. The van der Waals surface area contributed by atoms with E-state index in [0.29, 0.717) is 0 Å². The van der Waals surface area contributed by atoms with Crippen molar-refractivity contribution in [2.45, 2.75) is 31.3 Å². The molecule has 2 aliphatic rings. The van der Waals surface area contributed by atoms with Crippen LogP contribution in [0.3, 0.4) is 0 Å². The minimum Gasteiger partial charge on any atom is -0.254 e. The Balaban J connectivity index is 0.000000320. The second kappa shape index (κ2) is 3.62. The Labute approximate surface area is 67.6 Å². The van der Waals surface area contributed by atoms with Crippen LogP contribution in [0.25, 0.3) is 0 Å². The van der Waals surface area contributed by atoms with Crippen molar-refractivity contribution >= 4 is 24.8 Å². The van der Waals surface area contributed by atoms with Gasteiger partial charge in [0.2, 0.25) is 0 Å². The van der Waals surface area contributed by atoms with Crippen LogP contribution < -0.4 is 10.9 Å². The Morgan fingerprint density at radius 1 is 0.889 bits per heavy atom. The minimum atomic E-state index is 0. The SMILES string of the molecule is C1C[C@H]2C[C@@H]1NN2.Cl.Cl. The Bertz CT molecular complexity index is 71.0. The standard InChI is InChI=1S/C5H10N2.2ClH/c1-2-5-3-4(1)6-7-5;;/h4-7H,1-3H2;2*1H/t4-,5+;;. The van der Waals surface area contributed by atoms with Gasteiger partial charge in [-0.3, -0.25) is 10.9 Å². The summed E-state index contributed by atoms with van der Waals surface area (Å²) in [5.41, 5.74) is 6.41. The maximum atomic E-state index is 3.21. The summed E-state index contributed by atoms with van der Waals surface area (Å²) in [6, 6.07) is 1.62. The summed E-state index contributed by atoms with van der Waals surface area (Å²) >= 11 is 0. The summed E-state index contributed by atoms with van der Waals surface area (Å²) in [6.07, 6.45) is 4.13. The van der Waals surface area contributed by atoms with Gasteiger partial charge in [-0.2, -0.15) is 0 Å². The molecule has 1 saturated heterocycles. The molecule has 0 aromatic heterocycles. The zero-order valence-electron chi connectivity index (χ0n) is 5.09. The zero-order chi connectivity index (χ0) is 4.69. The molecule has 2 fully saturated rings. The Kier molecular flexibility index (Phi) is 3.82. The van der Waals surface area contributed by atoms with E-state index in [4.69, 9.17) is 0 Å². The molecular weight excluding hydrogens is 159 g/mol. The fourth-order valence-electron chi connectivity index (χ4n) is 1.48. The summed E-state index contributed by atoms with van der Waals surface area (Å²) in [5.74, 6) is 0. The fourth-order valence-corrected chi connectivity index (χ4v) is 1.48. The molecule has 2 atom stereocenters. The number of rotatable bonds is 0. The van der Waals surface area contributed by atoms with Crippen molar-refractivity contribution in [3.05, 3.63) is 0 Å². The van der Waals surface area contributed by atoms with E-state index in [1.54, 1.807) is 0 Å². The fraction of sp³-hybridized carbons (Fsp3) is 1.00. The predicted molar refractivity (Wildman–Crippen MR) is 42.2 cm³/mol. The van der Waals surface area contributed by atoms with E-state index in [1.165, 1.54) is 19.3 Å². The van der Waals surface area contributed by atoms with Gasteiger partial charge in [0.15, 0.2) is 0 Å². The highest BCUT2D eigenvalue weighted by Gasteiger charge is 2.29. The van der Waals surface area contributed by atoms with Crippen molar-refractivity contribution in [2.24, 2.45) is 0 Å². The van der Waals surface area contributed by atoms with Crippen molar-refractivity contribution in [2.75, 3.05) is 0 Å². The quantitative estimate of drug-likeness (QED) is 0.564. The molecule has 1 aliphatic carbocycles. The summed E-state index contributed by atoms with van der Waals surface area (Å²) < 4.78 is 0. The predicted octanol–water partition coefficient (Wildman–Crippen LogP) is 0.859. The van der Waals surface area contributed by atoms with Gasteiger partial charge < -0.3 is 0 Å². The highest BCUT2D eigenvalue weighted by atomic mass is 35.5. The third kappa shape index (κ3) is 1.71. The number of hydrazine groups is 1. The van der Waals surface area contributed by atoms with Crippen molar-refractivity contribution < 1.29 is 0 Å². The number of halogens is 2. The molecule has 2 bridgehead atoms. The first-order valence-corrected chi connectivity index (χ1v) is 2.96. The van der Waals surface area contributed by atoms with Crippen molar-refractivity contribution in [3.8, 4) is 0 Å². The molecule has 0 aromatic carbocycles. The molecule has 0 spiro atoms. The summed E-state index contributed by atoms with van der Waals surface area (Å²) in [6.45, 7) is 0. The van der Waals surface area contributed by atoms with Gasteiger partial charge in [0.25, 0.3) is 0 Å². The lowest BCUT2D eigenvalue weighted by Crippen LogP contribution is -2.37. The van der Waals surface area contributed by atoms with Crippen LogP contribution >= 0.6 is 24.8 Å². The largest absolute Gasteiger partial charge is 0.254 e. The molecule has 2 nitrogen and oxygen atoms in total. The number of fused-ring (bicyclic) bond motifs is 2. The van der Waals surface area contributed by atoms with Crippen molar-refractivity contribution in [1.29, 1.82) is 0 Å². The monoisotopic (exact) mass is 170 g/mol. The Hall–Kier alpha value is 0.500. The Morgan fingerprint density at radius 2 is 1.33 bits per heavy atom. The van der Waals surface area contributed by atoms with Gasteiger partial charge in [0, 0.05) is 12.1 Å². The number of nitrogens with one attached hydrogen (secondary N) is 2. The number of hydrogen-bond acceptors (Lipinski definition) is 2. The summed E-state index contributed by atoms with van der Waals surface area (Å²) in [5, 5.41) is 0. The highest BCUT2D eigenvalue weighted by Crippen LogP contribution is 2.22. The molecule has 2 rings (SSSR count). The third-order valence-corrected chi connectivity index (χ3v) is 1.92. The molecule has 0 aromatic rings. The maximum absolute atomic E-state index is 3.21. The lowest BCUT2D eigenvalue weighted by atomic mass is 10.3. The third-order valence-electron chi connectivity index (χ3n) is 1.92. The van der Waals surface area contributed by atoms with Crippen LogP contribution in [0.2, 0.25) is 0 Å². The summed E-state index contributed by atoms with van der Waals surface area (Å²) in [7, 11) is 0. The first-order valence-electron chi connectivity index (χ1n) is 2.96. The smallest absolute Gasteiger partial charge is 0.0228 e. The van der Waals surface area contributed by atoms with E-state index in [2.05, 4.69) is 10.9 Å². The van der Waals surface area contributed by atoms with Crippen LogP contribution in [0.15, 0.2) is 0 Å². The molecule has 0 amide bonds. The van der Waals surface area contributed by atoms with Gasteiger partial charge in [-0.1, -0.05) is 0 Å². The van der Waals surface area contributed by atoms with Gasteiger partial charge in [-0.05, 0) is 19.3 Å². The molecule has 2 N–H and O–H groups in total. The minimum absolute atomic E-state index is 0. The lowest BCUT2D eigenvalue weighted by Gasteiger charge is -2.10. The topological polar surface area (TPSA) is 24.1 Å². The zero-order valence-corrected chi connectivity index (χ0v) is 6.73. The second-order valence-corrected chi connectivity index (χ2v) is 2.50. The molecule has 1 heterocycles. The molecule has 9 heavy (non-hydrogen) atoms. The van der Waals surface area contributed by atoms with E-state index in [1.807, 2.05) is 0 Å². The van der Waals surface area contributed by atoms with Gasteiger partial charge in [0.1, 0.15) is 0 Å². The highest BCUT2D eigenvalue weighted by molar-refractivity contribution is 5.85. The molecule has 1 saturated carbocycles.